The van der Waals surface area contributed by atoms with Crippen molar-refractivity contribution in [3.05, 3.63) is 23.5 Å². The Morgan fingerprint density at radius 1 is 1.42 bits per heavy atom. The Bertz CT molecular complexity index is 582. The van der Waals surface area contributed by atoms with E-state index in [1.54, 1.807) is 6.26 Å². The number of thioether (sulfide) groups is 1. The molecule has 1 N–H and O–H groups in total. The molecule has 1 rings (SSSR count). The summed E-state index contributed by atoms with van der Waals surface area (Å²) < 4.78 is 37.1. The number of carboxylic acids is 1. The van der Waals surface area contributed by atoms with Crippen molar-refractivity contribution in [1.82, 2.24) is 0 Å². The summed E-state index contributed by atoms with van der Waals surface area (Å²) in [7, 11) is -3.51. The van der Waals surface area contributed by atoms with Gasteiger partial charge >= 0.3 is 5.97 Å². The summed E-state index contributed by atoms with van der Waals surface area (Å²) in [6, 6.07) is 2.69. The van der Waals surface area contributed by atoms with Gasteiger partial charge in [-0.2, -0.15) is 0 Å². The first-order chi connectivity index (χ1) is 8.75. The van der Waals surface area contributed by atoms with Crippen LogP contribution in [0.5, 0.6) is 0 Å². The molecule has 0 fully saturated rings. The molecule has 4 nitrogen and oxygen atoms in total. The van der Waals surface area contributed by atoms with Crippen molar-refractivity contribution in [2.75, 3.05) is 12.5 Å². The Hall–Kier alpha value is -1.08. The molecule has 1 aromatic carbocycles. The maximum absolute atomic E-state index is 13.8. The summed E-state index contributed by atoms with van der Waals surface area (Å²) in [4.78, 5) is 10.5. The number of sulfone groups is 1. The standard InChI is InChI=1S/C12H15FO4S2/c1-18-12-9(13)6-8(4-3-5-11(14)15)7-10(12)19(2,16)17/h6-7H,3-5H2,1-2H3,(H,14,15). The van der Waals surface area contributed by atoms with Gasteiger partial charge in [-0.15, -0.1) is 11.8 Å². The molecule has 19 heavy (non-hydrogen) atoms. The van der Waals surface area contributed by atoms with Gasteiger partial charge < -0.3 is 5.11 Å². The third kappa shape index (κ3) is 4.50. The second-order valence-corrected chi connectivity index (χ2v) is 6.93. The molecule has 0 radical (unpaired) electrons. The predicted molar refractivity (Wildman–Crippen MR) is 71.9 cm³/mol. The summed E-state index contributed by atoms with van der Waals surface area (Å²) >= 11 is 1.04. The summed E-state index contributed by atoms with van der Waals surface area (Å²) in [6.45, 7) is 0. The zero-order valence-electron chi connectivity index (χ0n) is 10.6. The van der Waals surface area contributed by atoms with Crippen LogP contribution in [0.15, 0.2) is 21.9 Å². The average Bonchev–Trinajstić information content (AvgIpc) is 2.26. The molecule has 1 aromatic rings. The molecule has 0 saturated heterocycles. The van der Waals surface area contributed by atoms with Gasteiger partial charge in [0.05, 0.1) is 9.79 Å². The molecule has 0 bridgehead atoms. The number of carbonyl (C=O) groups is 1. The third-order valence-corrected chi connectivity index (χ3v) is 4.60. The summed E-state index contributed by atoms with van der Waals surface area (Å²) in [5.41, 5.74) is 0.497. The normalized spacial score (nSPS) is 11.5. The van der Waals surface area contributed by atoms with E-state index in [9.17, 15) is 17.6 Å². The monoisotopic (exact) mass is 306 g/mol. The molecule has 0 saturated carbocycles. The van der Waals surface area contributed by atoms with Crippen LogP contribution >= 0.6 is 11.8 Å². The lowest BCUT2D eigenvalue weighted by Crippen LogP contribution is -2.04. The van der Waals surface area contributed by atoms with E-state index in [0.29, 0.717) is 18.4 Å². The predicted octanol–water partition coefficient (Wildman–Crippen LogP) is 2.36. The second-order valence-electron chi connectivity index (χ2n) is 4.13. The number of rotatable bonds is 6. The van der Waals surface area contributed by atoms with E-state index in [-0.39, 0.29) is 16.2 Å². The van der Waals surface area contributed by atoms with Crippen LogP contribution in [0.25, 0.3) is 0 Å². The molecule has 0 aliphatic rings. The maximum Gasteiger partial charge on any atom is 0.303 e. The van der Waals surface area contributed by atoms with Gasteiger partial charge in [0.15, 0.2) is 9.84 Å². The minimum atomic E-state index is -3.51. The molecule has 0 aliphatic heterocycles. The van der Waals surface area contributed by atoms with E-state index >= 15 is 0 Å². The lowest BCUT2D eigenvalue weighted by molar-refractivity contribution is -0.137. The summed E-state index contributed by atoms with van der Waals surface area (Å²) in [5, 5.41) is 8.54. The molecule has 0 spiro atoms. The van der Waals surface area contributed by atoms with E-state index in [0.717, 1.165) is 18.0 Å². The number of benzene rings is 1. The Balaban J connectivity index is 3.10. The Morgan fingerprint density at radius 3 is 2.53 bits per heavy atom. The average molecular weight is 306 g/mol. The minimum Gasteiger partial charge on any atom is -0.481 e. The number of halogens is 1. The van der Waals surface area contributed by atoms with Crippen LogP contribution in [0.1, 0.15) is 18.4 Å². The van der Waals surface area contributed by atoms with Crippen LogP contribution in [0.2, 0.25) is 0 Å². The van der Waals surface area contributed by atoms with Gasteiger partial charge in [-0.05, 0) is 36.8 Å². The van der Waals surface area contributed by atoms with Crippen LogP contribution < -0.4 is 0 Å². The fraction of sp³-hybridized carbons (Fsp3) is 0.417. The molecule has 7 heteroatoms. The van der Waals surface area contributed by atoms with E-state index in [4.69, 9.17) is 5.11 Å². The zero-order valence-corrected chi connectivity index (χ0v) is 12.3. The molecule has 0 heterocycles. The van der Waals surface area contributed by atoms with E-state index in [1.807, 2.05) is 0 Å². The lowest BCUT2D eigenvalue weighted by Gasteiger charge is -2.10. The molecular weight excluding hydrogens is 291 g/mol. The third-order valence-electron chi connectivity index (χ3n) is 2.53. The molecule has 0 atom stereocenters. The molecule has 106 valence electrons. The van der Waals surface area contributed by atoms with Gasteiger partial charge in [-0.3, -0.25) is 4.79 Å². The Kier molecular flexibility index (Phi) is 5.37. The largest absolute Gasteiger partial charge is 0.481 e. The molecule has 0 amide bonds. The van der Waals surface area contributed by atoms with E-state index < -0.39 is 21.6 Å². The van der Waals surface area contributed by atoms with Gasteiger partial charge in [-0.25, -0.2) is 12.8 Å². The number of carboxylic acid groups (broad SMARTS) is 1. The Morgan fingerprint density at radius 2 is 2.05 bits per heavy atom. The van der Waals surface area contributed by atoms with Gasteiger partial charge in [0, 0.05) is 12.7 Å². The highest BCUT2D eigenvalue weighted by Crippen LogP contribution is 2.29. The van der Waals surface area contributed by atoms with Crippen molar-refractivity contribution in [3.63, 3.8) is 0 Å². The quantitative estimate of drug-likeness (QED) is 0.817. The van der Waals surface area contributed by atoms with Gasteiger partial charge in [0.25, 0.3) is 0 Å². The highest BCUT2D eigenvalue weighted by atomic mass is 32.2. The van der Waals surface area contributed by atoms with Crippen LogP contribution in [-0.4, -0.2) is 32.0 Å². The van der Waals surface area contributed by atoms with E-state index in [2.05, 4.69) is 0 Å². The first kappa shape index (κ1) is 16.0. The molecule has 0 aromatic heterocycles. The highest BCUT2D eigenvalue weighted by molar-refractivity contribution is 7.99. The zero-order chi connectivity index (χ0) is 14.6. The lowest BCUT2D eigenvalue weighted by atomic mass is 10.1. The van der Waals surface area contributed by atoms with Gasteiger partial charge in [0.1, 0.15) is 5.82 Å². The van der Waals surface area contributed by atoms with Crippen molar-refractivity contribution in [1.29, 1.82) is 0 Å². The molecule has 0 unspecified atom stereocenters. The second kappa shape index (κ2) is 6.38. The smallest absolute Gasteiger partial charge is 0.303 e. The minimum absolute atomic E-state index is 0.0277. The fourth-order valence-corrected chi connectivity index (χ4v) is 3.70. The van der Waals surface area contributed by atoms with Crippen LogP contribution in [0.4, 0.5) is 4.39 Å². The summed E-state index contributed by atoms with van der Waals surface area (Å²) in [6.07, 6.45) is 3.29. The SMILES string of the molecule is CSc1c(F)cc(CCCC(=O)O)cc1S(C)(=O)=O. The van der Waals surface area contributed by atoms with Crippen molar-refractivity contribution in [2.24, 2.45) is 0 Å². The molecular formula is C12H15FO4S2. The van der Waals surface area contributed by atoms with Crippen molar-refractivity contribution >= 4 is 27.6 Å². The van der Waals surface area contributed by atoms with Crippen LogP contribution in [0.3, 0.4) is 0 Å². The van der Waals surface area contributed by atoms with E-state index in [1.165, 1.54) is 12.1 Å². The number of hydrogen-bond acceptors (Lipinski definition) is 4. The topological polar surface area (TPSA) is 71.4 Å². The number of aryl methyl sites for hydroxylation is 1. The Labute approximate surface area is 115 Å². The first-order valence-electron chi connectivity index (χ1n) is 5.54. The number of aliphatic carboxylic acids is 1. The summed E-state index contributed by atoms with van der Waals surface area (Å²) in [5.74, 6) is -1.51. The fourth-order valence-electron chi connectivity index (χ4n) is 1.68. The molecule has 0 aliphatic carbocycles. The van der Waals surface area contributed by atoms with Crippen molar-refractivity contribution in [3.8, 4) is 0 Å². The van der Waals surface area contributed by atoms with Crippen molar-refractivity contribution < 1.29 is 22.7 Å². The van der Waals surface area contributed by atoms with Gasteiger partial charge in [0.2, 0.25) is 0 Å². The van der Waals surface area contributed by atoms with Crippen LogP contribution in [-0.2, 0) is 21.1 Å². The van der Waals surface area contributed by atoms with Gasteiger partial charge in [-0.1, -0.05) is 0 Å². The van der Waals surface area contributed by atoms with Crippen LogP contribution in [0, 0.1) is 5.82 Å². The first-order valence-corrected chi connectivity index (χ1v) is 8.65. The van der Waals surface area contributed by atoms with Crippen molar-refractivity contribution in [2.45, 2.75) is 29.1 Å². The maximum atomic E-state index is 13.8. The number of hydrogen-bond donors (Lipinski definition) is 1. The highest BCUT2D eigenvalue weighted by Gasteiger charge is 2.18.